The van der Waals surface area contributed by atoms with E-state index in [1.54, 1.807) is 4.90 Å². The van der Waals surface area contributed by atoms with Crippen LogP contribution in [0.1, 0.15) is 39.0 Å². The maximum absolute atomic E-state index is 11.6. The summed E-state index contributed by atoms with van der Waals surface area (Å²) in [5, 5.41) is 3.48. The Morgan fingerprint density at radius 2 is 2.11 bits per heavy atom. The van der Waals surface area contributed by atoms with Gasteiger partial charge in [-0.05, 0) is 57.8 Å². The van der Waals surface area contributed by atoms with E-state index in [0.29, 0.717) is 6.42 Å². The Morgan fingerprint density at radius 3 is 2.68 bits per heavy atom. The fourth-order valence-electron chi connectivity index (χ4n) is 2.73. The molecule has 112 valence electrons. The zero-order chi connectivity index (χ0) is 14.1. The molecule has 1 aliphatic rings. The number of hydrogen-bond acceptors (Lipinski definition) is 3. The lowest BCUT2D eigenvalue weighted by Crippen LogP contribution is -2.39. The van der Waals surface area contributed by atoms with E-state index in [1.165, 1.54) is 32.4 Å². The van der Waals surface area contributed by atoms with E-state index in [0.717, 1.165) is 32.0 Å². The lowest BCUT2D eigenvalue weighted by atomic mass is 9.99. The van der Waals surface area contributed by atoms with Crippen LogP contribution in [0.25, 0.3) is 0 Å². The van der Waals surface area contributed by atoms with E-state index in [2.05, 4.69) is 17.1 Å². The Labute approximate surface area is 118 Å². The molecular weight excluding hydrogens is 238 g/mol. The van der Waals surface area contributed by atoms with Gasteiger partial charge in [-0.1, -0.05) is 6.92 Å². The van der Waals surface area contributed by atoms with E-state index in [-0.39, 0.29) is 5.91 Å². The number of nitrogens with one attached hydrogen (secondary N) is 1. The van der Waals surface area contributed by atoms with Crippen molar-refractivity contribution in [3.63, 3.8) is 0 Å². The lowest BCUT2D eigenvalue weighted by Gasteiger charge is -2.30. The summed E-state index contributed by atoms with van der Waals surface area (Å²) in [6.45, 7) is 7.99. The van der Waals surface area contributed by atoms with E-state index < -0.39 is 0 Å². The standard InChI is InChI=1S/C15H31N3O/c1-4-10-18(11-6-8-15(19)17(2)3)13-14-7-5-9-16-12-14/h14,16H,4-13H2,1-3H3. The highest BCUT2D eigenvalue weighted by molar-refractivity contribution is 5.75. The minimum absolute atomic E-state index is 0.246. The molecule has 0 aliphatic carbocycles. The molecule has 19 heavy (non-hydrogen) atoms. The molecular formula is C15H31N3O. The number of amides is 1. The Morgan fingerprint density at radius 1 is 1.32 bits per heavy atom. The van der Waals surface area contributed by atoms with Crippen molar-refractivity contribution in [3.05, 3.63) is 0 Å². The van der Waals surface area contributed by atoms with Crippen LogP contribution in [0.3, 0.4) is 0 Å². The van der Waals surface area contributed by atoms with Crippen molar-refractivity contribution < 1.29 is 4.79 Å². The molecule has 1 atom stereocenters. The summed E-state index contributed by atoms with van der Waals surface area (Å²) in [4.78, 5) is 15.8. The Hall–Kier alpha value is -0.610. The van der Waals surface area contributed by atoms with Crippen LogP contribution in [0.5, 0.6) is 0 Å². The highest BCUT2D eigenvalue weighted by Crippen LogP contribution is 2.12. The van der Waals surface area contributed by atoms with Gasteiger partial charge < -0.3 is 15.1 Å². The van der Waals surface area contributed by atoms with Gasteiger partial charge in [-0.15, -0.1) is 0 Å². The zero-order valence-corrected chi connectivity index (χ0v) is 13.0. The first-order valence-electron chi connectivity index (χ1n) is 7.76. The summed E-state index contributed by atoms with van der Waals surface area (Å²) in [6.07, 6.45) is 5.52. The van der Waals surface area contributed by atoms with Crippen LogP contribution >= 0.6 is 0 Å². The number of carbonyl (C=O) groups excluding carboxylic acids is 1. The Balaban J connectivity index is 2.25. The first-order valence-corrected chi connectivity index (χ1v) is 7.76. The van der Waals surface area contributed by atoms with Crippen LogP contribution in [0.2, 0.25) is 0 Å². The topological polar surface area (TPSA) is 35.6 Å². The van der Waals surface area contributed by atoms with Gasteiger partial charge in [-0.25, -0.2) is 0 Å². The molecule has 0 aromatic rings. The van der Waals surface area contributed by atoms with Crippen LogP contribution in [0.15, 0.2) is 0 Å². The molecule has 1 saturated heterocycles. The summed E-state index contributed by atoms with van der Waals surface area (Å²) in [6, 6.07) is 0. The summed E-state index contributed by atoms with van der Waals surface area (Å²) < 4.78 is 0. The second-order valence-corrected chi connectivity index (χ2v) is 5.90. The average Bonchev–Trinajstić information content (AvgIpc) is 2.39. The normalized spacial score (nSPS) is 19.7. The van der Waals surface area contributed by atoms with Gasteiger partial charge in [0, 0.05) is 27.1 Å². The molecule has 1 fully saturated rings. The fourth-order valence-corrected chi connectivity index (χ4v) is 2.73. The van der Waals surface area contributed by atoms with Crippen LogP contribution in [0.4, 0.5) is 0 Å². The van der Waals surface area contributed by atoms with E-state index in [4.69, 9.17) is 0 Å². The molecule has 0 aromatic carbocycles. The number of rotatable bonds is 8. The molecule has 1 amide bonds. The summed E-state index contributed by atoms with van der Waals surface area (Å²) in [5.74, 6) is 1.04. The molecule has 1 heterocycles. The van der Waals surface area contributed by atoms with Gasteiger partial charge in [0.25, 0.3) is 0 Å². The van der Waals surface area contributed by atoms with Crippen LogP contribution in [-0.4, -0.2) is 62.5 Å². The quantitative estimate of drug-likeness (QED) is 0.726. The van der Waals surface area contributed by atoms with Crippen molar-refractivity contribution in [3.8, 4) is 0 Å². The second-order valence-electron chi connectivity index (χ2n) is 5.90. The molecule has 1 aliphatic heterocycles. The predicted molar refractivity (Wildman–Crippen MR) is 80.3 cm³/mol. The van der Waals surface area contributed by atoms with Crippen molar-refractivity contribution in [1.82, 2.24) is 15.1 Å². The van der Waals surface area contributed by atoms with E-state index in [1.807, 2.05) is 14.1 Å². The third-order valence-corrected chi connectivity index (χ3v) is 3.82. The summed E-state index contributed by atoms with van der Waals surface area (Å²) in [5.41, 5.74) is 0. The molecule has 0 aromatic heterocycles. The average molecular weight is 269 g/mol. The molecule has 4 nitrogen and oxygen atoms in total. The van der Waals surface area contributed by atoms with Crippen molar-refractivity contribution >= 4 is 5.91 Å². The minimum Gasteiger partial charge on any atom is -0.349 e. The third kappa shape index (κ3) is 6.92. The molecule has 0 saturated carbocycles. The monoisotopic (exact) mass is 269 g/mol. The largest absolute Gasteiger partial charge is 0.349 e. The molecule has 0 bridgehead atoms. The SMILES string of the molecule is CCCN(CCCC(=O)N(C)C)CC1CCCNC1. The maximum Gasteiger partial charge on any atom is 0.222 e. The first kappa shape index (κ1) is 16.4. The van der Waals surface area contributed by atoms with Crippen LogP contribution < -0.4 is 5.32 Å². The number of hydrogen-bond donors (Lipinski definition) is 1. The smallest absolute Gasteiger partial charge is 0.222 e. The van der Waals surface area contributed by atoms with Crippen molar-refractivity contribution in [2.24, 2.45) is 5.92 Å². The van der Waals surface area contributed by atoms with Gasteiger partial charge in [0.1, 0.15) is 0 Å². The van der Waals surface area contributed by atoms with E-state index >= 15 is 0 Å². The molecule has 1 unspecified atom stereocenters. The maximum atomic E-state index is 11.6. The fraction of sp³-hybridized carbons (Fsp3) is 0.933. The summed E-state index contributed by atoms with van der Waals surface area (Å²) in [7, 11) is 3.67. The third-order valence-electron chi connectivity index (χ3n) is 3.82. The number of piperidine rings is 1. The van der Waals surface area contributed by atoms with Gasteiger partial charge in [0.2, 0.25) is 5.91 Å². The number of nitrogens with zero attached hydrogens (tertiary/aromatic N) is 2. The lowest BCUT2D eigenvalue weighted by molar-refractivity contribution is -0.128. The number of carbonyl (C=O) groups is 1. The zero-order valence-electron chi connectivity index (χ0n) is 13.0. The van der Waals surface area contributed by atoms with Gasteiger partial charge in [0.05, 0.1) is 0 Å². The molecule has 4 heteroatoms. The summed E-state index contributed by atoms with van der Waals surface area (Å²) >= 11 is 0. The molecule has 1 rings (SSSR count). The molecule has 0 radical (unpaired) electrons. The minimum atomic E-state index is 0.246. The van der Waals surface area contributed by atoms with Gasteiger partial charge in [-0.2, -0.15) is 0 Å². The first-order chi connectivity index (χ1) is 9.13. The second kappa shape index (κ2) is 9.32. The highest BCUT2D eigenvalue weighted by Gasteiger charge is 2.16. The van der Waals surface area contributed by atoms with Crippen LogP contribution in [0, 0.1) is 5.92 Å². The molecule has 1 N–H and O–H groups in total. The van der Waals surface area contributed by atoms with Crippen molar-refractivity contribution in [2.75, 3.05) is 46.8 Å². The highest BCUT2D eigenvalue weighted by atomic mass is 16.2. The van der Waals surface area contributed by atoms with Gasteiger partial charge in [-0.3, -0.25) is 4.79 Å². The van der Waals surface area contributed by atoms with Crippen LogP contribution in [-0.2, 0) is 4.79 Å². The van der Waals surface area contributed by atoms with Gasteiger partial charge in [0.15, 0.2) is 0 Å². The Kier molecular flexibility index (Phi) is 8.07. The molecule has 0 spiro atoms. The van der Waals surface area contributed by atoms with Crippen molar-refractivity contribution in [1.29, 1.82) is 0 Å². The van der Waals surface area contributed by atoms with Crippen molar-refractivity contribution in [2.45, 2.75) is 39.0 Å². The Bertz CT molecular complexity index is 250. The predicted octanol–water partition coefficient (Wildman–Crippen LogP) is 1.57. The van der Waals surface area contributed by atoms with Gasteiger partial charge >= 0.3 is 0 Å². The van der Waals surface area contributed by atoms with E-state index in [9.17, 15) is 4.79 Å².